The molecule has 4 aromatic rings. The van der Waals surface area contributed by atoms with E-state index in [4.69, 9.17) is 5.10 Å². The van der Waals surface area contributed by atoms with Gasteiger partial charge in [0.1, 0.15) is 11.9 Å². The van der Waals surface area contributed by atoms with Crippen LogP contribution in [0.5, 0.6) is 0 Å². The van der Waals surface area contributed by atoms with Gasteiger partial charge in [-0.15, -0.1) is 0 Å². The standard InChI is InChI=1S/C27H24N4/c28-19-22-15-7-8-17-24(22)31-27-23(16-9-10-18-29-27)26(30-31)25(20-11-3-1-4-12-20)21-13-5-2-6-14-21/h1-8,11-15,17,25,29H,9-10,16,18H2. The number of fused-ring (bicyclic) bond motifs is 1. The second kappa shape index (κ2) is 8.49. The third-order valence-electron chi connectivity index (χ3n) is 5.95. The van der Waals surface area contributed by atoms with E-state index in [1.165, 1.54) is 16.7 Å². The van der Waals surface area contributed by atoms with Crippen molar-refractivity contribution < 1.29 is 0 Å². The van der Waals surface area contributed by atoms with Crippen molar-refractivity contribution in [3.8, 4) is 11.8 Å². The Kier molecular flexibility index (Phi) is 5.24. The molecule has 0 saturated heterocycles. The van der Waals surface area contributed by atoms with Gasteiger partial charge in [0.05, 0.1) is 22.9 Å². The molecule has 0 bridgehead atoms. The number of aromatic nitrogens is 2. The van der Waals surface area contributed by atoms with Crippen LogP contribution >= 0.6 is 0 Å². The molecule has 4 nitrogen and oxygen atoms in total. The third kappa shape index (κ3) is 3.60. The van der Waals surface area contributed by atoms with Gasteiger partial charge in [-0.25, -0.2) is 4.68 Å². The van der Waals surface area contributed by atoms with Crippen LogP contribution in [0.2, 0.25) is 0 Å². The van der Waals surface area contributed by atoms with Gasteiger partial charge in [-0.05, 0) is 42.5 Å². The van der Waals surface area contributed by atoms with Gasteiger partial charge in [-0.2, -0.15) is 10.4 Å². The molecule has 1 aromatic heterocycles. The first-order chi connectivity index (χ1) is 15.4. The number of rotatable bonds is 4. The Balaban J connectivity index is 1.76. The summed E-state index contributed by atoms with van der Waals surface area (Å²) in [4.78, 5) is 0. The summed E-state index contributed by atoms with van der Waals surface area (Å²) in [6.07, 6.45) is 3.22. The summed E-state index contributed by atoms with van der Waals surface area (Å²) in [7, 11) is 0. The monoisotopic (exact) mass is 404 g/mol. The van der Waals surface area contributed by atoms with E-state index in [2.05, 4.69) is 72.0 Å². The molecule has 0 unspecified atom stereocenters. The number of para-hydroxylation sites is 1. The highest BCUT2D eigenvalue weighted by Gasteiger charge is 2.28. The van der Waals surface area contributed by atoms with Crippen molar-refractivity contribution in [3.05, 3.63) is 113 Å². The van der Waals surface area contributed by atoms with E-state index in [1.807, 2.05) is 28.9 Å². The lowest BCUT2D eigenvalue weighted by atomic mass is 9.86. The normalized spacial score (nSPS) is 13.2. The Labute approximate surface area is 182 Å². The lowest BCUT2D eigenvalue weighted by Crippen LogP contribution is -2.09. The average Bonchev–Trinajstić information content (AvgIpc) is 3.01. The van der Waals surface area contributed by atoms with Crippen LogP contribution in [-0.4, -0.2) is 16.3 Å². The van der Waals surface area contributed by atoms with Gasteiger partial charge in [0.15, 0.2) is 0 Å². The molecule has 4 heteroatoms. The molecule has 0 fully saturated rings. The second-order valence-corrected chi connectivity index (χ2v) is 7.89. The molecule has 0 aliphatic carbocycles. The van der Waals surface area contributed by atoms with Gasteiger partial charge in [-0.3, -0.25) is 0 Å². The lowest BCUT2D eigenvalue weighted by Gasteiger charge is -2.18. The summed E-state index contributed by atoms with van der Waals surface area (Å²) in [5.74, 6) is 1.05. The first kappa shape index (κ1) is 19.1. The number of nitriles is 1. The Morgan fingerprint density at radius 2 is 1.48 bits per heavy atom. The molecule has 2 heterocycles. The average molecular weight is 405 g/mol. The zero-order chi connectivity index (χ0) is 21.0. The van der Waals surface area contributed by atoms with E-state index < -0.39 is 0 Å². The van der Waals surface area contributed by atoms with Crippen LogP contribution in [0.3, 0.4) is 0 Å². The highest BCUT2D eigenvalue weighted by atomic mass is 15.3. The van der Waals surface area contributed by atoms with Crippen molar-refractivity contribution in [1.82, 2.24) is 9.78 Å². The molecule has 1 aliphatic heterocycles. The SMILES string of the molecule is N#Cc1ccccc1-n1nc(C(c2ccccc2)c2ccccc2)c2c1NCCCC2. The van der Waals surface area contributed by atoms with E-state index in [1.54, 1.807) is 0 Å². The Bertz CT molecular complexity index is 1180. The van der Waals surface area contributed by atoms with Crippen molar-refractivity contribution in [3.63, 3.8) is 0 Å². The highest BCUT2D eigenvalue weighted by molar-refractivity contribution is 5.60. The van der Waals surface area contributed by atoms with Gasteiger partial charge >= 0.3 is 0 Å². The molecule has 0 radical (unpaired) electrons. The zero-order valence-corrected chi connectivity index (χ0v) is 17.3. The van der Waals surface area contributed by atoms with Gasteiger partial charge in [-0.1, -0.05) is 72.8 Å². The Morgan fingerprint density at radius 1 is 0.839 bits per heavy atom. The van der Waals surface area contributed by atoms with E-state index in [0.717, 1.165) is 43.0 Å². The van der Waals surface area contributed by atoms with E-state index in [0.29, 0.717) is 5.56 Å². The van der Waals surface area contributed by atoms with E-state index in [9.17, 15) is 5.26 Å². The van der Waals surface area contributed by atoms with Gasteiger partial charge in [0.25, 0.3) is 0 Å². The van der Waals surface area contributed by atoms with Crippen LogP contribution in [-0.2, 0) is 6.42 Å². The van der Waals surface area contributed by atoms with Crippen LogP contribution in [0.15, 0.2) is 84.9 Å². The molecule has 0 amide bonds. The molecule has 1 aliphatic rings. The fraction of sp³-hybridized carbons (Fsp3) is 0.185. The quantitative estimate of drug-likeness (QED) is 0.477. The van der Waals surface area contributed by atoms with Crippen molar-refractivity contribution in [2.75, 3.05) is 11.9 Å². The fourth-order valence-electron chi connectivity index (χ4n) is 4.49. The maximum Gasteiger partial charge on any atom is 0.133 e. The van der Waals surface area contributed by atoms with Crippen molar-refractivity contribution >= 4 is 5.82 Å². The summed E-state index contributed by atoms with van der Waals surface area (Å²) in [6.45, 7) is 0.911. The number of nitrogens with one attached hydrogen (secondary N) is 1. The molecule has 31 heavy (non-hydrogen) atoms. The van der Waals surface area contributed by atoms with Gasteiger partial charge in [0.2, 0.25) is 0 Å². The predicted octanol–water partition coefficient (Wildman–Crippen LogP) is 5.67. The maximum absolute atomic E-state index is 9.70. The summed E-state index contributed by atoms with van der Waals surface area (Å²) < 4.78 is 1.95. The number of nitrogens with zero attached hydrogens (tertiary/aromatic N) is 3. The van der Waals surface area contributed by atoms with Crippen molar-refractivity contribution in [2.45, 2.75) is 25.2 Å². The Hall–Kier alpha value is -3.84. The topological polar surface area (TPSA) is 53.6 Å². The molecule has 1 N–H and O–H groups in total. The first-order valence-corrected chi connectivity index (χ1v) is 10.8. The number of benzene rings is 3. The van der Waals surface area contributed by atoms with Crippen LogP contribution < -0.4 is 5.32 Å². The third-order valence-corrected chi connectivity index (χ3v) is 5.95. The minimum atomic E-state index is 0.0338. The van der Waals surface area contributed by atoms with E-state index in [-0.39, 0.29) is 5.92 Å². The summed E-state index contributed by atoms with van der Waals surface area (Å²) in [6, 6.07) is 31.2. The largest absolute Gasteiger partial charge is 0.370 e. The molecule has 3 aromatic carbocycles. The molecule has 0 atom stereocenters. The zero-order valence-electron chi connectivity index (χ0n) is 17.3. The second-order valence-electron chi connectivity index (χ2n) is 7.89. The molecular weight excluding hydrogens is 380 g/mol. The molecular formula is C27H24N4. The van der Waals surface area contributed by atoms with Crippen LogP contribution in [0.25, 0.3) is 5.69 Å². The van der Waals surface area contributed by atoms with Crippen LogP contribution in [0.4, 0.5) is 5.82 Å². The minimum absolute atomic E-state index is 0.0338. The maximum atomic E-state index is 9.70. The highest BCUT2D eigenvalue weighted by Crippen LogP contribution is 2.38. The molecule has 0 saturated carbocycles. The lowest BCUT2D eigenvalue weighted by molar-refractivity contribution is 0.754. The number of hydrogen-bond acceptors (Lipinski definition) is 3. The molecule has 0 spiro atoms. The number of anilines is 1. The minimum Gasteiger partial charge on any atom is -0.370 e. The smallest absolute Gasteiger partial charge is 0.133 e. The fourth-order valence-corrected chi connectivity index (χ4v) is 4.49. The predicted molar refractivity (Wildman–Crippen MR) is 124 cm³/mol. The molecule has 152 valence electrons. The van der Waals surface area contributed by atoms with Gasteiger partial charge in [0, 0.05) is 12.1 Å². The summed E-state index contributed by atoms with van der Waals surface area (Å²) in [5, 5.41) is 18.5. The Morgan fingerprint density at radius 3 is 2.16 bits per heavy atom. The van der Waals surface area contributed by atoms with Crippen molar-refractivity contribution in [1.29, 1.82) is 5.26 Å². The first-order valence-electron chi connectivity index (χ1n) is 10.8. The molecule has 5 rings (SSSR count). The van der Waals surface area contributed by atoms with Crippen LogP contribution in [0, 0.1) is 11.3 Å². The summed E-state index contributed by atoms with van der Waals surface area (Å²) >= 11 is 0. The number of hydrogen-bond donors (Lipinski definition) is 1. The van der Waals surface area contributed by atoms with Crippen LogP contribution in [0.1, 0.15) is 46.7 Å². The van der Waals surface area contributed by atoms with Crippen molar-refractivity contribution in [2.24, 2.45) is 0 Å². The van der Waals surface area contributed by atoms with Gasteiger partial charge < -0.3 is 5.32 Å². The summed E-state index contributed by atoms with van der Waals surface area (Å²) in [5.41, 5.74) is 6.21. The van der Waals surface area contributed by atoms with E-state index >= 15 is 0 Å².